The fraction of sp³-hybridized carbons (Fsp3) is 0.429. The standard InChI is InChI=1S/C14H17F3N4/c1-5-18-12-6-11(14(15,16)17)7-13(19-12)21-10(4)8(2)9(3)20-21/h6-7H,5H2,1-4H3,(H,18,19). The maximum Gasteiger partial charge on any atom is 0.416 e. The van der Waals surface area contributed by atoms with Gasteiger partial charge in [-0.25, -0.2) is 9.67 Å². The number of aromatic nitrogens is 3. The second-order valence-corrected chi connectivity index (χ2v) is 4.83. The lowest BCUT2D eigenvalue weighted by Gasteiger charge is -2.13. The second-order valence-electron chi connectivity index (χ2n) is 4.83. The maximum absolute atomic E-state index is 13.0. The van der Waals surface area contributed by atoms with Gasteiger partial charge in [0, 0.05) is 12.2 Å². The highest BCUT2D eigenvalue weighted by Gasteiger charge is 2.32. The number of halogens is 3. The van der Waals surface area contributed by atoms with E-state index in [-0.39, 0.29) is 11.6 Å². The first-order chi connectivity index (χ1) is 9.74. The van der Waals surface area contributed by atoms with E-state index < -0.39 is 11.7 Å². The Balaban J connectivity index is 2.62. The first-order valence-electron chi connectivity index (χ1n) is 6.60. The van der Waals surface area contributed by atoms with Crippen molar-refractivity contribution in [2.24, 2.45) is 0 Å². The van der Waals surface area contributed by atoms with Gasteiger partial charge in [0.15, 0.2) is 5.82 Å². The zero-order chi connectivity index (χ0) is 15.8. The summed E-state index contributed by atoms with van der Waals surface area (Å²) in [5, 5.41) is 7.08. The van der Waals surface area contributed by atoms with E-state index in [2.05, 4.69) is 15.4 Å². The Hall–Kier alpha value is -2.05. The molecule has 0 amide bonds. The van der Waals surface area contributed by atoms with Crippen LogP contribution in [0.25, 0.3) is 5.82 Å². The highest BCUT2D eigenvalue weighted by atomic mass is 19.4. The molecular weight excluding hydrogens is 281 g/mol. The lowest BCUT2D eigenvalue weighted by atomic mass is 10.2. The Morgan fingerprint density at radius 2 is 1.86 bits per heavy atom. The first kappa shape index (κ1) is 15.3. The molecule has 0 radical (unpaired) electrons. The molecule has 4 nitrogen and oxygen atoms in total. The molecule has 2 aromatic rings. The molecule has 2 rings (SSSR count). The van der Waals surface area contributed by atoms with Crippen molar-refractivity contribution in [2.45, 2.75) is 33.9 Å². The quantitative estimate of drug-likeness (QED) is 0.940. The smallest absolute Gasteiger partial charge is 0.370 e. The molecule has 7 heteroatoms. The van der Waals surface area contributed by atoms with Gasteiger partial charge in [-0.1, -0.05) is 0 Å². The van der Waals surface area contributed by atoms with Gasteiger partial charge in [0.1, 0.15) is 5.82 Å². The van der Waals surface area contributed by atoms with Crippen molar-refractivity contribution in [2.75, 3.05) is 11.9 Å². The van der Waals surface area contributed by atoms with Gasteiger partial charge in [0.25, 0.3) is 0 Å². The fourth-order valence-corrected chi connectivity index (χ4v) is 2.00. The molecule has 21 heavy (non-hydrogen) atoms. The SMILES string of the molecule is CCNc1cc(C(F)(F)F)cc(-n2nc(C)c(C)c2C)n1. The zero-order valence-electron chi connectivity index (χ0n) is 12.3. The maximum atomic E-state index is 13.0. The van der Waals surface area contributed by atoms with Crippen LogP contribution in [0.4, 0.5) is 19.0 Å². The predicted molar refractivity (Wildman–Crippen MR) is 74.7 cm³/mol. The number of nitrogens with one attached hydrogen (secondary N) is 1. The van der Waals surface area contributed by atoms with Crippen molar-refractivity contribution in [3.8, 4) is 5.82 Å². The number of alkyl halides is 3. The minimum atomic E-state index is -4.42. The molecule has 0 aliphatic carbocycles. The molecule has 0 atom stereocenters. The van der Waals surface area contributed by atoms with Crippen LogP contribution in [-0.4, -0.2) is 21.3 Å². The zero-order valence-corrected chi connectivity index (χ0v) is 12.3. The third kappa shape index (κ3) is 3.01. The van der Waals surface area contributed by atoms with E-state index in [0.717, 1.165) is 29.1 Å². The van der Waals surface area contributed by atoms with E-state index in [1.54, 1.807) is 6.92 Å². The van der Waals surface area contributed by atoms with Crippen LogP contribution in [0.2, 0.25) is 0 Å². The largest absolute Gasteiger partial charge is 0.416 e. The van der Waals surface area contributed by atoms with E-state index in [1.807, 2.05) is 20.8 Å². The van der Waals surface area contributed by atoms with Crippen LogP contribution >= 0.6 is 0 Å². The average molecular weight is 298 g/mol. The van der Waals surface area contributed by atoms with Crippen molar-refractivity contribution in [1.29, 1.82) is 0 Å². The third-order valence-corrected chi connectivity index (χ3v) is 3.37. The van der Waals surface area contributed by atoms with Crippen molar-refractivity contribution < 1.29 is 13.2 Å². The van der Waals surface area contributed by atoms with Gasteiger partial charge in [0.2, 0.25) is 0 Å². The molecular formula is C14H17F3N4. The van der Waals surface area contributed by atoms with Gasteiger partial charge in [0.05, 0.1) is 11.3 Å². The number of hydrogen-bond acceptors (Lipinski definition) is 3. The molecule has 2 aromatic heterocycles. The summed E-state index contributed by atoms with van der Waals surface area (Å²) < 4.78 is 40.5. The predicted octanol–water partition coefficient (Wildman–Crippen LogP) is 3.64. The molecule has 1 N–H and O–H groups in total. The van der Waals surface area contributed by atoms with Crippen LogP contribution < -0.4 is 5.32 Å². The van der Waals surface area contributed by atoms with Gasteiger partial charge in [-0.15, -0.1) is 0 Å². The summed E-state index contributed by atoms with van der Waals surface area (Å²) >= 11 is 0. The van der Waals surface area contributed by atoms with Crippen molar-refractivity contribution in [1.82, 2.24) is 14.8 Å². The molecule has 0 saturated carbocycles. The molecule has 0 spiro atoms. The minimum Gasteiger partial charge on any atom is -0.370 e. The summed E-state index contributed by atoms with van der Waals surface area (Å²) in [4.78, 5) is 4.21. The van der Waals surface area contributed by atoms with Crippen molar-refractivity contribution in [3.05, 3.63) is 34.6 Å². The molecule has 0 fully saturated rings. The van der Waals surface area contributed by atoms with Crippen LogP contribution in [0.3, 0.4) is 0 Å². The second kappa shape index (κ2) is 5.38. The number of anilines is 1. The summed E-state index contributed by atoms with van der Waals surface area (Å²) in [6.07, 6.45) is -4.42. The number of nitrogens with zero attached hydrogens (tertiary/aromatic N) is 3. The van der Waals surface area contributed by atoms with E-state index in [9.17, 15) is 13.2 Å². The Labute approximate surface area is 121 Å². The number of hydrogen-bond donors (Lipinski definition) is 1. The third-order valence-electron chi connectivity index (χ3n) is 3.37. The summed E-state index contributed by atoms with van der Waals surface area (Å²) in [6.45, 7) is 7.80. The molecule has 0 aliphatic heterocycles. The lowest BCUT2D eigenvalue weighted by Crippen LogP contribution is -2.12. The molecule has 0 bridgehead atoms. The molecule has 2 heterocycles. The summed E-state index contributed by atoms with van der Waals surface area (Å²) in [5.74, 6) is 0.349. The van der Waals surface area contributed by atoms with E-state index in [1.165, 1.54) is 4.68 Å². The highest BCUT2D eigenvalue weighted by molar-refractivity contribution is 5.46. The number of aryl methyl sites for hydroxylation is 1. The topological polar surface area (TPSA) is 42.7 Å². The van der Waals surface area contributed by atoms with Gasteiger partial charge in [-0.2, -0.15) is 18.3 Å². The van der Waals surface area contributed by atoms with Gasteiger partial charge < -0.3 is 5.32 Å². The Morgan fingerprint density at radius 3 is 2.33 bits per heavy atom. The summed E-state index contributed by atoms with van der Waals surface area (Å²) in [7, 11) is 0. The Bertz CT molecular complexity index is 659. The van der Waals surface area contributed by atoms with E-state index in [4.69, 9.17) is 0 Å². The number of rotatable bonds is 3. The van der Waals surface area contributed by atoms with Crippen LogP contribution in [0.1, 0.15) is 29.4 Å². The lowest BCUT2D eigenvalue weighted by molar-refractivity contribution is -0.137. The van der Waals surface area contributed by atoms with Crippen molar-refractivity contribution >= 4 is 5.82 Å². The van der Waals surface area contributed by atoms with Crippen LogP contribution in [0.15, 0.2) is 12.1 Å². The van der Waals surface area contributed by atoms with E-state index >= 15 is 0 Å². The van der Waals surface area contributed by atoms with Gasteiger partial charge in [-0.05, 0) is 45.4 Å². The molecule has 0 saturated heterocycles. The molecule has 114 valence electrons. The van der Waals surface area contributed by atoms with Gasteiger partial charge in [-0.3, -0.25) is 0 Å². The van der Waals surface area contributed by atoms with Gasteiger partial charge >= 0.3 is 6.18 Å². The van der Waals surface area contributed by atoms with Crippen LogP contribution in [0, 0.1) is 20.8 Å². The van der Waals surface area contributed by atoms with Crippen LogP contribution in [-0.2, 0) is 6.18 Å². The minimum absolute atomic E-state index is 0.162. The number of pyridine rings is 1. The average Bonchev–Trinajstić information content (AvgIpc) is 2.66. The summed E-state index contributed by atoms with van der Waals surface area (Å²) in [5.41, 5.74) is 1.76. The Morgan fingerprint density at radius 1 is 1.19 bits per heavy atom. The highest BCUT2D eigenvalue weighted by Crippen LogP contribution is 2.32. The monoisotopic (exact) mass is 298 g/mol. The molecule has 0 unspecified atom stereocenters. The summed E-state index contributed by atoms with van der Waals surface area (Å²) in [6, 6.07) is 2.02. The normalized spacial score (nSPS) is 11.8. The molecule has 0 aliphatic rings. The first-order valence-corrected chi connectivity index (χ1v) is 6.60. The Kier molecular flexibility index (Phi) is 3.93. The molecule has 0 aromatic carbocycles. The fourth-order valence-electron chi connectivity index (χ4n) is 2.00. The van der Waals surface area contributed by atoms with Crippen LogP contribution in [0.5, 0.6) is 0 Å². The van der Waals surface area contributed by atoms with Crippen molar-refractivity contribution in [3.63, 3.8) is 0 Å². The van der Waals surface area contributed by atoms with E-state index in [0.29, 0.717) is 6.54 Å².